The molecule has 1 aliphatic heterocycles. The lowest BCUT2D eigenvalue weighted by molar-refractivity contribution is -0.136. The van der Waals surface area contributed by atoms with E-state index in [1.54, 1.807) is 0 Å². The molecule has 0 aliphatic carbocycles. The van der Waals surface area contributed by atoms with E-state index in [4.69, 9.17) is 0 Å². The number of ketones is 1. The predicted octanol–water partition coefficient (Wildman–Crippen LogP) is 3.30. The van der Waals surface area contributed by atoms with E-state index >= 15 is 0 Å². The molecule has 4 nitrogen and oxygen atoms in total. The third-order valence-electron chi connectivity index (χ3n) is 4.82. The van der Waals surface area contributed by atoms with Gasteiger partial charge in [0.2, 0.25) is 5.91 Å². The van der Waals surface area contributed by atoms with Crippen LogP contribution in [0.5, 0.6) is 0 Å². The highest BCUT2D eigenvalue weighted by Gasteiger charge is 2.30. The van der Waals surface area contributed by atoms with Crippen LogP contribution >= 0.6 is 0 Å². The van der Waals surface area contributed by atoms with Crippen LogP contribution in [0.4, 0.5) is 4.39 Å². The number of halogens is 1. The van der Waals surface area contributed by atoms with Gasteiger partial charge in [-0.2, -0.15) is 0 Å². The summed E-state index contributed by atoms with van der Waals surface area (Å²) < 4.78 is 13.0. The summed E-state index contributed by atoms with van der Waals surface area (Å²) in [7, 11) is 2.05. The molecular formula is C21H23FN2O2. The molecule has 1 fully saturated rings. The zero-order chi connectivity index (χ0) is 18.5. The minimum atomic E-state index is -0.374. The summed E-state index contributed by atoms with van der Waals surface area (Å²) >= 11 is 0. The van der Waals surface area contributed by atoms with Crippen LogP contribution in [-0.2, 0) is 4.79 Å². The average Bonchev–Trinajstić information content (AvgIpc) is 2.67. The van der Waals surface area contributed by atoms with Crippen LogP contribution in [0, 0.1) is 5.82 Å². The van der Waals surface area contributed by atoms with E-state index in [0.717, 1.165) is 18.7 Å². The summed E-state index contributed by atoms with van der Waals surface area (Å²) in [5.74, 6) is -0.521. The third kappa shape index (κ3) is 4.35. The number of carbonyl (C=O) groups is 2. The van der Waals surface area contributed by atoms with Gasteiger partial charge in [0.25, 0.3) is 0 Å². The third-order valence-corrected chi connectivity index (χ3v) is 4.82. The van der Waals surface area contributed by atoms with Crippen molar-refractivity contribution in [2.45, 2.75) is 18.9 Å². The van der Waals surface area contributed by atoms with Crippen molar-refractivity contribution >= 4 is 11.7 Å². The number of hydrogen-bond acceptors (Lipinski definition) is 3. The van der Waals surface area contributed by atoms with Gasteiger partial charge in [-0.25, -0.2) is 4.39 Å². The molecule has 0 saturated carbocycles. The minimum absolute atomic E-state index is 0.00312. The van der Waals surface area contributed by atoms with Crippen LogP contribution in [0.15, 0.2) is 54.6 Å². The maximum atomic E-state index is 13.0. The number of hydrogen-bond donors (Lipinski definition) is 0. The SMILES string of the molecule is CN1CCN(C(=O)CCC(=O)c2ccc(F)cc2)C(c2ccccc2)C1. The van der Waals surface area contributed by atoms with Crippen molar-refractivity contribution in [3.63, 3.8) is 0 Å². The van der Waals surface area contributed by atoms with Crippen LogP contribution < -0.4 is 0 Å². The van der Waals surface area contributed by atoms with Crippen molar-refractivity contribution in [1.82, 2.24) is 9.80 Å². The van der Waals surface area contributed by atoms with Crippen molar-refractivity contribution in [2.75, 3.05) is 26.7 Å². The van der Waals surface area contributed by atoms with Gasteiger partial charge in [0, 0.05) is 38.0 Å². The Labute approximate surface area is 153 Å². The number of carbonyl (C=O) groups excluding carboxylic acids is 2. The Morgan fingerprint density at radius 3 is 2.38 bits per heavy atom. The second-order valence-electron chi connectivity index (χ2n) is 6.71. The summed E-state index contributed by atoms with van der Waals surface area (Å²) in [6.07, 6.45) is 0.307. The summed E-state index contributed by atoms with van der Waals surface area (Å²) in [4.78, 5) is 29.1. The summed E-state index contributed by atoms with van der Waals surface area (Å²) in [5, 5.41) is 0. The zero-order valence-corrected chi connectivity index (χ0v) is 14.9. The van der Waals surface area contributed by atoms with Gasteiger partial charge in [0.15, 0.2) is 5.78 Å². The van der Waals surface area contributed by atoms with Crippen LogP contribution in [0.3, 0.4) is 0 Å². The van der Waals surface area contributed by atoms with Crippen LogP contribution in [0.2, 0.25) is 0 Å². The molecule has 1 heterocycles. The molecule has 1 unspecified atom stereocenters. The molecule has 0 aromatic heterocycles. The Hall–Kier alpha value is -2.53. The lowest BCUT2D eigenvalue weighted by atomic mass is 10.0. The number of piperazine rings is 1. The Bertz CT molecular complexity index is 761. The first-order chi connectivity index (χ1) is 12.5. The maximum Gasteiger partial charge on any atom is 0.223 e. The van der Waals surface area contributed by atoms with Gasteiger partial charge in [-0.3, -0.25) is 9.59 Å². The van der Waals surface area contributed by atoms with E-state index in [9.17, 15) is 14.0 Å². The minimum Gasteiger partial charge on any atom is -0.333 e. The van der Waals surface area contributed by atoms with E-state index < -0.39 is 0 Å². The molecule has 2 aromatic rings. The maximum absolute atomic E-state index is 13.0. The second kappa shape index (κ2) is 8.23. The molecule has 5 heteroatoms. The van der Waals surface area contributed by atoms with E-state index in [-0.39, 0.29) is 36.4 Å². The Morgan fingerprint density at radius 2 is 1.69 bits per heavy atom. The van der Waals surface area contributed by atoms with E-state index in [1.165, 1.54) is 24.3 Å². The quantitative estimate of drug-likeness (QED) is 0.774. The summed E-state index contributed by atoms with van der Waals surface area (Å²) in [6.45, 7) is 2.25. The monoisotopic (exact) mass is 354 g/mol. The molecule has 0 radical (unpaired) electrons. The van der Waals surface area contributed by atoms with Gasteiger partial charge in [-0.05, 0) is 36.9 Å². The van der Waals surface area contributed by atoms with Crippen molar-refractivity contribution in [1.29, 1.82) is 0 Å². The predicted molar refractivity (Wildman–Crippen MR) is 98.4 cm³/mol. The fraction of sp³-hybridized carbons (Fsp3) is 0.333. The van der Waals surface area contributed by atoms with Crippen LogP contribution in [-0.4, -0.2) is 48.2 Å². The van der Waals surface area contributed by atoms with Gasteiger partial charge in [0.1, 0.15) is 5.82 Å². The molecule has 1 saturated heterocycles. The summed E-state index contributed by atoms with van der Waals surface area (Å²) in [5.41, 5.74) is 1.55. The zero-order valence-electron chi connectivity index (χ0n) is 14.9. The highest BCUT2D eigenvalue weighted by atomic mass is 19.1. The molecule has 1 atom stereocenters. The Morgan fingerprint density at radius 1 is 1.00 bits per heavy atom. The first-order valence-corrected chi connectivity index (χ1v) is 8.86. The molecule has 26 heavy (non-hydrogen) atoms. The Kier molecular flexibility index (Phi) is 5.78. The average molecular weight is 354 g/mol. The molecule has 1 aliphatic rings. The van der Waals surface area contributed by atoms with Crippen molar-refractivity contribution in [3.05, 3.63) is 71.5 Å². The largest absolute Gasteiger partial charge is 0.333 e. The lowest BCUT2D eigenvalue weighted by Crippen LogP contribution is -2.49. The first-order valence-electron chi connectivity index (χ1n) is 8.86. The van der Waals surface area contributed by atoms with Crippen LogP contribution in [0.1, 0.15) is 34.8 Å². The molecule has 0 N–H and O–H groups in total. The fourth-order valence-corrected chi connectivity index (χ4v) is 3.32. The highest BCUT2D eigenvalue weighted by molar-refractivity contribution is 5.97. The standard InChI is InChI=1S/C21H23FN2O2/c1-23-13-14-24(19(15-23)16-5-3-2-4-6-16)21(26)12-11-20(25)17-7-9-18(22)10-8-17/h2-10,19H,11-15H2,1H3. The molecule has 1 amide bonds. The smallest absolute Gasteiger partial charge is 0.223 e. The number of Topliss-reactive ketones (excluding diaryl/α,β-unsaturated/α-hetero) is 1. The molecular weight excluding hydrogens is 331 g/mol. The molecule has 2 aromatic carbocycles. The highest BCUT2D eigenvalue weighted by Crippen LogP contribution is 2.26. The molecule has 0 spiro atoms. The number of nitrogens with zero attached hydrogens (tertiary/aromatic N) is 2. The number of rotatable bonds is 5. The van der Waals surface area contributed by atoms with Gasteiger partial charge >= 0.3 is 0 Å². The van der Waals surface area contributed by atoms with E-state index in [0.29, 0.717) is 12.1 Å². The topological polar surface area (TPSA) is 40.6 Å². The van der Waals surface area contributed by atoms with Gasteiger partial charge < -0.3 is 9.80 Å². The van der Waals surface area contributed by atoms with E-state index in [2.05, 4.69) is 11.9 Å². The lowest BCUT2D eigenvalue weighted by Gasteiger charge is -2.40. The molecule has 3 rings (SSSR count). The van der Waals surface area contributed by atoms with Crippen molar-refractivity contribution in [3.8, 4) is 0 Å². The molecule has 136 valence electrons. The fourth-order valence-electron chi connectivity index (χ4n) is 3.32. The summed E-state index contributed by atoms with van der Waals surface area (Å²) in [6, 6.07) is 15.4. The van der Waals surface area contributed by atoms with Gasteiger partial charge in [0.05, 0.1) is 6.04 Å². The first kappa shape index (κ1) is 18.3. The van der Waals surface area contributed by atoms with Gasteiger partial charge in [-0.15, -0.1) is 0 Å². The second-order valence-corrected chi connectivity index (χ2v) is 6.71. The normalized spacial score (nSPS) is 17.9. The number of benzene rings is 2. The van der Waals surface area contributed by atoms with E-state index in [1.807, 2.05) is 35.2 Å². The van der Waals surface area contributed by atoms with Crippen molar-refractivity contribution < 1.29 is 14.0 Å². The number of amides is 1. The van der Waals surface area contributed by atoms with Crippen LogP contribution in [0.25, 0.3) is 0 Å². The Balaban J connectivity index is 1.65. The molecule has 0 bridgehead atoms. The van der Waals surface area contributed by atoms with Crippen molar-refractivity contribution in [2.24, 2.45) is 0 Å². The number of likely N-dealkylation sites (N-methyl/N-ethyl adjacent to an activating group) is 1. The van der Waals surface area contributed by atoms with Gasteiger partial charge in [-0.1, -0.05) is 30.3 Å².